The minimum Gasteiger partial charge on any atom is -0.364 e. The molecule has 1 N–H and O–H groups in total. The molecule has 5 heteroatoms. The molecule has 1 atom stereocenters. The Kier molecular flexibility index (Phi) is 3.98. The number of pyridine rings is 2. The van der Waals surface area contributed by atoms with E-state index in [-0.39, 0.29) is 22.9 Å². The van der Waals surface area contributed by atoms with Gasteiger partial charge in [0.2, 0.25) is 0 Å². The molecule has 0 aliphatic rings. The average molecular weight is 271 g/mol. The number of aromatic amines is 1. The van der Waals surface area contributed by atoms with Crippen molar-refractivity contribution in [3.05, 3.63) is 63.8 Å². The summed E-state index contributed by atoms with van der Waals surface area (Å²) in [5, 5.41) is 0. The van der Waals surface area contributed by atoms with E-state index in [0.717, 1.165) is 11.3 Å². The lowest BCUT2D eigenvalue weighted by Gasteiger charge is -2.25. The average Bonchev–Trinajstić information content (AvgIpc) is 2.46. The highest BCUT2D eigenvalue weighted by Crippen LogP contribution is 2.18. The lowest BCUT2D eigenvalue weighted by molar-refractivity contribution is 0.0741. The molecule has 2 aromatic rings. The van der Waals surface area contributed by atoms with Crippen molar-refractivity contribution in [2.75, 3.05) is 7.05 Å². The number of carbonyl (C=O) groups excluding carboxylic acids is 1. The zero-order valence-corrected chi connectivity index (χ0v) is 11.8. The minimum absolute atomic E-state index is 0.133. The Labute approximate surface area is 117 Å². The predicted octanol–water partition coefficient (Wildman–Crippen LogP) is 1.91. The minimum atomic E-state index is -0.296. The van der Waals surface area contributed by atoms with Crippen molar-refractivity contribution in [2.24, 2.45) is 0 Å². The largest absolute Gasteiger partial charge is 0.364 e. The van der Waals surface area contributed by atoms with E-state index in [9.17, 15) is 9.59 Å². The third-order valence-corrected chi connectivity index (χ3v) is 3.38. The highest BCUT2D eigenvalue weighted by atomic mass is 16.2. The van der Waals surface area contributed by atoms with E-state index < -0.39 is 0 Å². The van der Waals surface area contributed by atoms with E-state index in [2.05, 4.69) is 9.97 Å². The van der Waals surface area contributed by atoms with Gasteiger partial charge in [0, 0.05) is 37.4 Å². The van der Waals surface area contributed by atoms with E-state index in [1.807, 2.05) is 19.1 Å². The maximum absolute atomic E-state index is 12.4. The summed E-state index contributed by atoms with van der Waals surface area (Å²) in [5.74, 6) is -0.296. The van der Waals surface area contributed by atoms with Crippen molar-refractivity contribution in [1.82, 2.24) is 14.9 Å². The van der Waals surface area contributed by atoms with Gasteiger partial charge in [-0.05, 0) is 31.5 Å². The summed E-state index contributed by atoms with van der Waals surface area (Å²) < 4.78 is 0. The van der Waals surface area contributed by atoms with Gasteiger partial charge < -0.3 is 9.88 Å². The van der Waals surface area contributed by atoms with E-state index >= 15 is 0 Å². The standard InChI is InChI=1S/C15H17N3O2/c1-10-8-14(19)13(9-17-10)15(20)18(3)11(2)12-4-6-16-7-5-12/h4-9,11H,1-3H3,(H,17,19). The summed E-state index contributed by atoms with van der Waals surface area (Å²) in [6.07, 6.45) is 4.83. The number of rotatable bonds is 3. The normalized spacial score (nSPS) is 11.9. The Bertz CT molecular complexity index is 664. The first-order valence-electron chi connectivity index (χ1n) is 6.37. The number of amides is 1. The number of hydrogen-bond acceptors (Lipinski definition) is 3. The van der Waals surface area contributed by atoms with E-state index in [0.29, 0.717) is 0 Å². The summed E-state index contributed by atoms with van der Waals surface area (Å²) in [4.78, 5) is 32.7. The molecule has 0 saturated heterocycles. The van der Waals surface area contributed by atoms with Gasteiger partial charge in [-0.25, -0.2) is 0 Å². The van der Waals surface area contributed by atoms with Crippen LogP contribution in [0.5, 0.6) is 0 Å². The second-order valence-electron chi connectivity index (χ2n) is 4.77. The van der Waals surface area contributed by atoms with Gasteiger partial charge in [-0.2, -0.15) is 0 Å². The van der Waals surface area contributed by atoms with Gasteiger partial charge in [-0.1, -0.05) is 0 Å². The SMILES string of the molecule is Cc1cc(=O)c(C(=O)N(C)C(C)c2ccncc2)c[nH]1. The second-order valence-corrected chi connectivity index (χ2v) is 4.77. The molecule has 20 heavy (non-hydrogen) atoms. The Hall–Kier alpha value is -2.43. The Morgan fingerprint density at radius 1 is 1.35 bits per heavy atom. The fourth-order valence-electron chi connectivity index (χ4n) is 1.97. The summed E-state index contributed by atoms with van der Waals surface area (Å²) >= 11 is 0. The Morgan fingerprint density at radius 3 is 2.60 bits per heavy atom. The zero-order valence-electron chi connectivity index (χ0n) is 11.8. The van der Waals surface area contributed by atoms with Crippen LogP contribution in [0.3, 0.4) is 0 Å². The van der Waals surface area contributed by atoms with E-state index in [4.69, 9.17) is 0 Å². The third-order valence-electron chi connectivity index (χ3n) is 3.38. The molecule has 104 valence electrons. The monoisotopic (exact) mass is 271 g/mol. The van der Waals surface area contributed by atoms with Gasteiger partial charge >= 0.3 is 0 Å². The van der Waals surface area contributed by atoms with Crippen LogP contribution in [0.2, 0.25) is 0 Å². The number of aryl methyl sites for hydroxylation is 1. The van der Waals surface area contributed by atoms with Crippen LogP contribution in [0.25, 0.3) is 0 Å². The molecule has 0 radical (unpaired) electrons. The number of nitrogens with one attached hydrogen (secondary N) is 1. The van der Waals surface area contributed by atoms with Gasteiger partial charge in [0.15, 0.2) is 5.43 Å². The highest BCUT2D eigenvalue weighted by Gasteiger charge is 2.20. The highest BCUT2D eigenvalue weighted by molar-refractivity contribution is 5.93. The van der Waals surface area contributed by atoms with Crippen LogP contribution in [-0.2, 0) is 0 Å². The summed E-state index contributed by atoms with van der Waals surface area (Å²) in [5.41, 5.74) is 1.59. The van der Waals surface area contributed by atoms with Gasteiger partial charge in [0.05, 0.1) is 6.04 Å². The summed E-state index contributed by atoms with van der Waals surface area (Å²) in [7, 11) is 1.69. The molecular weight excluding hydrogens is 254 g/mol. The Morgan fingerprint density at radius 2 is 2.00 bits per heavy atom. The van der Waals surface area contributed by atoms with Crippen LogP contribution in [0.4, 0.5) is 0 Å². The molecule has 5 nitrogen and oxygen atoms in total. The molecule has 0 aromatic carbocycles. The molecular formula is C15H17N3O2. The van der Waals surface area contributed by atoms with Crippen molar-refractivity contribution in [1.29, 1.82) is 0 Å². The lowest BCUT2D eigenvalue weighted by atomic mass is 10.1. The molecule has 0 spiro atoms. The first kappa shape index (κ1) is 14.0. The first-order chi connectivity index (χ1) is 9.50. The van der Waals surface area contributed by atoms with E-state index in [1.54, 1.807) is 31.3 Å². The smallest absolute Gasteiger partial charge is 0.259 e. The fraction of sp³-hybridized carbons (Fsp3) is 0.267. The van der Waals surface area contributed by atoms with Gasteiger partial charge in [-0.15, -0.1) is 0 Å². The molecule has 0 aliphatic carbocycles. The van der Waals surface area contributed by atoms with Crippen LogP contribution in [0.1, 0.15) is 34.6 Å². The van der Waals surface area contributed by atoms with Crippen LogP contribution < -0.4 is 5.43 Å². The quantitative estimate of drug-likeness (QED) is 0.927. The molecule has 0 saturated carbocycles. The van der Waals surface area contributed by atoms with Crippen molar-refractivity contribution in [3.63, 3.8) is 0 Å². The van der Waals surface area contributed by atoms with Crippen molar-refractivity contribution in [2.45, 2.75) is 19.9 Å². The first-order valence-corrected chi connectivity index (χ1v) is 6.37. The van der Waals surface area contributed by atoms with Crippen LogP contribution in [0, 0.1) is 6.92 Å². The Balaban J connectivity index is 2.27. The maximum Gasteiger partial charge on any atom is 0.259 e. The molecule has 2 heterocycles. The molecule has 0 bridgehead atoms. The van der Waals surface area contributed by atoms with Crippen LogP contribution in [0.15, 0.2) is 41.6 Å². The van der Waals surface area contributed by atoms with Crippen molar-refractivity contribution >= 4 is 5.91 Å². The number of aromatic nitrogens is 2. The van der Waals surface area contributed by atoms with E-state index in [1.165, 1.54) is 12.3 Å². The van der Waals surface area contributed by atoms with Crippen LogP contribution in [-0.4, -0.2) is 27.8 Å². The van der Waals surface area contributed by atoms with Crippen molar-refractivity contribution in [3.8, 4) is 0 Å². The number of carbonyl (C=O) groups is 1. The summed E-state index contributed by atoms with van der Waals surface area (Å²) in [6.45, 7) is 3.69. The summed E-state index contributed by atoms with van der Waals surface area (Å²) in [6, 6.07) is 5.01. The number of hydrogen-bond donors (Lipinski definition) is 1. The molecule has 2 aromatic heterocycles. The van der Waals surface area contributed by atoms with Crippen LogP contribution >= 0.6 is 0 Å². The molecule has 1 amide bonds. The van der Waals surface area contributed by atoms with Gasteiger partial charge in [0.1, 0.15) is 5.56 Å². The van der Waals surface area contributed by atoms with Crippen molar-refractivity contribution < 1.29 is 4.79 Å². The molecule has 0 aliphatic heterocycles. The molecule has 2 rings (SSSR count). The zero-order chi connectivity index (χ0) is 14.7. The third kappa shape index (κ3) is 2.77. The number of nitrogens with zero attached hydrogens (tertiary/aromatic N) is 2. The maximum atomic E-state index is 12.4. The topological polar surface area (TPSA) is 66.1 Å². The fourth-order valence-corrected chi connectivity index (χ4v) is 1.97. The predicted molar refractivity (Wildman–Crippen MR) is 76.5 cm³/mol. The second kappa shape index (κ2) is 5.69. The van der Waals surface area contributed by atoms with Gasteiger partial charge in [0.25, 0.3) is 5.91 Å². The van der Waals surface area contributed by atoms with Gasteiger partial charge in [-0.3, -0.25) is 14.6 Å². The lowest BCUT2D eigenvalue weighted by Crippen LogP contribution is -2.33. The molecule has 1 unspecified atom stereocenters. The molecule has 0 fully saturated rings. The number of H-pyrrole nitrogens is 1.